The average molecular weight is 310 g/mol. The minimum atomic E-state index is 0. The number of nitrogens with zero attached hydrogens (tertiary/aromatic N) is 2. The van der Waals surface area contributed by atoms with Gasteiger partial charge in [-0.05, 0) is 44.0 Å². The van der Waals surface area contributed by atoms with Gasteiger partial charge in [-0.1, -0.05) is 18.2 Å². The van der Waals surface area contributed by atoms with E-state index in [1.54, 1.807) is 0 Å². The second-order valence-electron chi connectivity index (χ2n) is 5.81. The molecular weight excluding hydrogens is 286 g/mol. The van der Waals surface area contributed by atoms with E-state index in [0.29, 0.717) is 6.54 Å². The van der Waals surface area contributed by atoms with Crippen LogP contribution in [0.3, 0.4) is 0 Å². The van der Waals surface area contributed by atoms with Crippen LogP contribution >= 0.6 is 12.4 Å². The van der Waals surface area contributed by atoms with Crippen LogP contribution < -0.4 is 10.2 Å². The third-order valence-corrected chi connectivity index (χ3v) is 4.34. The molecule has 2 aliphatic rings. The van der Waals surface area contributed by atoms with E-state index in [2.05, 4.69) is 10.2 Å². The van der Waals surface area contributed by atoms with E-state index in [4.69, 9.17) is 0 Å². The summed E-state index contributed by atoms with van der Waals surface area (Å²) < 4.78 is 0. The van der Waals surface area contributed by atoms with Gasteiger partial charge < -0.3 is 10.2 Å². The Bertz CT molecular complexity index is 448. The van der Waals surface area contributed by atoms with Crippen molar-refractivity contribution < 1.29 is 4.79 Å². The molecule has 0 bridgehead atoms. The Kier molecular flexibility index (Phi) is 6.03. The predicted octanol–water partition coefficient (Wildman–Crippen LogP) is 1.76. The lowest BCUT2D eigenvalue weighted by atomic mass is 9.97. The van der Waals surface area contributed by atoms with Crippen LogP contribution in [0.1, 0.15) is 12.8 Å². The number of amides is 1. The SMILES string of the molecule is Cl.O=C1CN(CC2CCNCC2)CCN1c1ccccc1. The summed E-state index contributed by atoms with van der Waals surface area (Å²) in [5.74, 6) is 0.990. The average Bonchev–Trinajstić information content (AvgIpc) is 2.49. The number of hydrogen-bond donors (Lipinski definition) is 1. The molecule has 2 fully saturated rings. The van der Waals surface area contributed by atoms with Crippen LogP contribution in [0.15, 0.2) is 30.3 Å². The molecule has 1 N–H and O–H groups in total. The van der Waals surface area contributed by atoms with Gasteiger partial charge in [0.2, 0.25) is 5.91 Å². The number of para-hydroxylation sites is 1. The molecule has 1 amide bonds. The van der Waals surface area contributed by atoms with Crippen LogP contribution in [0.2, 0.25) is 0 Å². The maximum atomic E-state index is 12.3. The summed E-state index contributed by atoms with van der Waals surface area (Å²) in [4.78, 5) is 16.6. The maximum absolute atomic E-state index is 12.3. The van der Waals surface area contributed by atoms with Crippen molar-refractivity contribution in [2.24, 2.45) is 5.92 Å². The van der Waals surface area contributed by atoms with Gasteiger partial charge in [0.05, 0.1) is 6.54 Å². The molecule has 1 aromatic carbocycles. The monoisotopic (exact) mass is 309 g/mol. The number of piperazine rings is 1. The van der Waals surface area contributed by atoms with Crippen LogP contribution in [-0.4, -0.2) is 50.1 Å². The molecular formula is C16H24ClN3O. The van der Waals surface area contributed by atoms with Crippen LogP contribution in [-0.2, 0) is 4.79 Å². The number of anilines is 1. The number of halogens is 1. The number of hydrogen-bond acceptors (Lipinski definition) is 3. The molecule has 4 nitrogen and oxygen atoms in total. The van der Waals surface area contributed by atoms with Crippen molar-refractivity contribution >= 4 is 24.0 Å². The highest BCUT2D eigenvalue weighted by Gasteiger charge is 2.26. The van der Waals surface area contributed by atoms with Crippen molar-refractivity contribution in [2.75, 3.05) is 44.2 Å². The van der Waals surface area contributed by atoms with Crippen LogP contribution in [0.4, 0.5) is 5.69 Å². The third kappa shape index (κ3) is 4.19. The summed E-state index contributed by atoms with van der Waals surface area (Å²) in [6, 6.07) is 10.00. The van der Waals surface area contributed by atoms with Crippen molar-refractivity contribution in [1.29, 1.82) is 0 Å². The number of nitrogens with one attached hydrogen (secondary N) is 1. The van der Waals surface area contributed by atoms with Gasteiger partial charge in [-0.3, -0.25) is 9.69 Å². The topological polar surface area (TPSA) is 35.6 Å². The first-order valence-corrected chi connectivity index (χ1v) is 7.61. The number of piperidine rings is 1. The van der Waals surface area contributed by atoms with Gasteiger partial charge in [-0.2, -0.15) is 0 Å². The molecule has 5 heteroatoms. The summed E-state index contributed by atoms with van der Waals surface area (Å²) in [7, 11) is 0. The fraction of sp³-hybridized carbons (Fsp3) is 0.562. The molecule has 0 aromatic heterocycles. The zero-order valence-corrected chi connectivity index (χ0v) is 13.1. The Morgan fingerprint density at radius 1 is 1.10 bits per heavy atom. The predicted molar refractivity (Wildman–Crippen MR) is 88.1 cm³/mol. The number of benzene rings is 1. The first-order chi connectivity index (χ1) is 9.83. The van der Waals surface area contributed by atoms with E-state index >= 15 is 0 Å². The third-order valence-electron chi connectivity index (χ3n) is 4.34. The Morgan fingerprint density at radius 2 is 1.81 bits per heavy atom. The molecule has 0 saturated carbocycles. The summed E-state index contributed by atoms with van der Waals surface area (Å²) in [6.45, 7) is 5.71. The lowest BCUT2D eigenvalue weighted by Crippen LogP contribution is -2.52. The highest BCUT2D eigenvalue weighted by molar-refractivity contribution is 5.95. The summed E-state index contributed by atoms with van der Waals surface area (Å²) in [5.41, 5.74) is 1.03. The standard InChI is InChI=1S/C16H23N3O.ClH/c20-16-13-18(12-14-6-8-17-9-7-14)10-11-19(16)15-4-2-1-3-5-15;/h1-5,14,17H,6-13H2;1H. The second-order valence-corrected chi connectivity index (χ2v) is 5.81. The zero-order chi connectivity index (χ0) is 13.8. The zero-order valence-electron chi connectivity index (χ0n) is 12.3. The van der Waals surface area contributed by atoms with Crippen molar-refractivity contribution in [2.45, 2.75) is 12.8 Å². The van der Waals surface area contributed by atoms with Crippen molar-refractivity contribution in [3.63, 3.8) is 0 Å². The largest absolute Gasteiger partial charge is 0.317 e. The molecule has 0 atom stereocenters. The quantitative estimate of drug-likeness (QED) is 0.924. The van der Waals surface area contributed by atoms with Gasteiger partial charge in [0.25, 0.3) is 0 Å². The molecule has 0 radical (unpaired) electrons. The minimum Gasteiger partial charge on any atom is -0.317 e. The molecule has 116 valence electrons. The molecule has 0 aliphatic carbocycles. The lowest BCUT2D eigenvalue weighted by molar-refractivity contribution is -0.121. The van der Waals surface area contributed by atoms with Gasteiger partial charge >= 0.3 is 0 Å². The summed E-state index contributed by atoms with van der Waals surface area (Å²) in [5, 5.41) is 3.40. The van der Waals surface area contributed by atoms with Gasteiger partial charge in [0, 0.05) is 25.3 Å². The molecule has 2 heterocycles. The molecule has 2 saturated heterocycles. The second kappa shape index (κ2) is 7.78. The van der Waals surface area contributed by atoms with Crippen LogP contribution in [0.25, 0.3) is 0 Å². The summed E-state index contributed by atoms with van der Waals surface area (Å²) >= 11 is 0. The summed E-state index contributed by atoms with van der Waals surface area (Å²) in [6.07, 6.45) is 2.49. The van der Waals surface area contributed by atoms with E-state index in [1.165, 1.54) is 12.8 Å². The van der Waals surface area contributed by atoms with Crippen LogP contribution in [0.5, 0.6) is 0 Å². The molecule has 3 rings (SSSR count). The van der Waals surface area contributed by atoms with E-state index in [-0.39, 0.29) is 18.3 Å². The number of carbonyl (C=O) groups is 1. The Hall–Kier alpha value is -1.10. The lowest BCUT2D eigenvalue weighted by Gasteiger charge is -2.36. The Balaban J connectivity index is 0.00000161. The van der Waals surface area contributed by atoms with Crippen molar-refractivity contribution in [1.82, 2.24) is 10.2 Å². The Labute approximate surface area is 132 Å². The first-order valence-electron chi connectivity index (χ1n) is 7.61. The maximum Gasteiger partial charge on any atom is 0.241 e. The van der Waals surface area contributed by atoms with Gasteiger partial charge in [0.1, 0.15) is 0 Å². The highest BCUT2D eigenvalue weighted by atomic mass is 35.5. The van der Waals surface area contributed by atoms with Gasteiger partial charge in [-0.15, -0.1) is 12.4 Å². The van der Waals surface area contributed by atoms with Crippen molar-refractivity contribution in [3.05, 3.63) is 30.3 Å². The van der Waals surface area contributed by atoms with Gasteiger partial charge in [0.15, 0.2) is 0 Å². The van der Waals surface area contributed by atoms with E-state index in [9.17, 15) is 4.79 Å². The van der Waals surface area contributed by atoms with Gasteiger partial charge in [-0.25, -0.2) is 0 Å². The molecule has 21 heavy (non-hydrogen) atoms. The minimum absolute atomic E-state index is 0. The molecule has 2 aliphatic heterocycles. The fourth-order valence-corrected chi connectivity index (χ4v) is 3.19. The fourth-order valence-electron chi connectivity index (χ4n) is 3.19. The first kappa shape index (κ1) is 16.3. The normalized spacial score (nSPS) is 21.1. The highest BCUT2D eigenvalue weighted by Crippen LogP contribution is 2.19. The van der Waals surface area contributed by atoms with E-state index in [1.807, 2.05) is 35.2 Å². The van der Waals surface area contributed by atoms with E-state index in [0.717, 1.165) is 44.3 Å². The molecule has 1 aromatic rings. The molecule has 0 spiro atoms. The molecule has 0 unspecified atom stereocenters. The Morgan fingerprint density at radius 3 is 2.48 bits per heavy atom. The van der Waals surface area contributed by atoms with E-state index < -0.39 is 0 Å². The van der Waals surface area contributed by atoms with Crippen molar-refractivity contribution in [3.8, 4) is 0 Å². The number of carbonyl (C=O) groups excluding carboxylic acids is 1. The smallest absolute Gasteiger partial charge is 0.241 e. The van der Waals surface area contributed by atoms with Crippen LogP contribution in [0, 0.1) is 5.92 Å². The number of rotatable bonds is 3.